The van der Waals surface area contributed by atoms with Crippen LogP contribution in [-0.2, 0) is 4.79 Å². The number of hydrogen-bond acceptors (Lipinski definition) is 4. The maximum absolute atomic E-state index is 11.9. The van der Waals surface area contributed by atoms with Gasteiger partial charge in [0.15, 0.2) is 0 Å². The number of nitro groups is 1. The van der Waals surface area contributed by atoms with Crippen molar-refractivity contribution in [3.8, 4) is 0 Å². The van der Waals surface area contributed by atoms with Gasteiger partial charge in [0.25, 0.3) is 0 Å². The topological polar surface area (TPSA) is 84.3 Å². The van der Waals surface area contributed by atoms with Gasteiger partial charge in [-0.3, -0.25) is 14.9 Å². The third-order valence-electron chi connectivity index (χ3n) is 3.31. The molecule has 114 valence electrons. The number of amides is 1. The van der Waals surface area contributed by atoms with E-state index in [1.807, 2.05) is 36.4 Å². The van der Waals surface area contributed by atoms with Crippen molar-refractivity contribution in [1.82, 2.24) is 5.32 Å². The van der Waals surface area contributed by atoms with Gasteiger partial charge in [0, 0.05) is 5.69 Å². The molecular weight excluding hydrogens is 294 g/mol. The van der Waals surface area contributed by atoms with Gasteiger partial charge < -0.3 is 10.6 Å². The Bertz CT molecular complexity index is 811. The van der Waals surface area contributed by atoms with Crippen LogP contribution in [0.4, 0.5) is 5.69 Å². The Hall–Kier alpha value is -3.41. The van der Waals surface area contributed by atoms with E-state index in [4.69, 9.17) is 0 Å². The number of carbonyl (C=O) groups excluding carboxylic acids is 1. The number of nitrogens with one attached hydrogen (secondary N) is 2. The fraction of sp³-hybridized carbons (Fsp3) is 0. The first kappa shape index (κ1) is 14.5. The van der Waals surface area contributed by atoms with Gasteiger partial charge >= 0.3 is 11.6 Å². The monoisotopic (exact) mass is 307 g/mol. The molecule has 0 aromatic heterocycles. The lowest BCUT2D eigenvalue weighted by Gasteiger charge is -2.08. The highest BCUT2D eigenvalue weighted by atomic mass is 16.6. The first-order valence-electron chi connectivity index (χ1n) is 6.94. The second-order valence-corrected chi connectivity index (χ2v) is 4.89. The molecule has 1 heterocycles. The Kier molecular flexibility index (Phi) is 3.88. The zero-order valence-corrected chi connectivity index (χ0v) is 12.0. The van der Waals surface area contributed by atoms with Crippen LogP contribution < -0.4 is 10.6 Å². The first-order valence-corrected chi connectivity index (χ1v) is 6.94. The fourth-order valence-corrected chi connectivity index (χ4v) is 2.28. The van der Waals surface area contributed by atoms with Crippen LogP contribution in [0, 0.1) is 10.1 Å². The van der Waals surface area contributed by atoms with Crippen LogP contribution in [0.2, 0.25) is 0 Å². The Morgan fingerprint density at radius 1 is 1.00 bits per heavy atom. The second kappa shape index (κ2) is 6.15. The van der Waals surface area contributed by atoms with E-state index in [2.05, 4.69) is 10.6 Å². The molecule has 1 amide bonds. The molecule has 0 aliphatic carbocycles. The molecule has 0 radical (unpaired) electrons. The number of rotatable bonds is 4. The first-order chi connectivity index (χ1) is 11.1. The predicted molar refractivity (Wildman–Crippen MR) is 86.6 cm³/mol. The highest BCUT2D eigenvalue weighted by Crippen LogP contribution is 2.25. The minimum atomic E-state index is -0.726. The van der Waals surface area contributed by atoms with Crippen LogP contribution >= 0.6 is 0 Å². The predicted octanol–water partition coefficient (Wildman–Crippen LogP) is 2.76. The molecular formula is C17H13N3O3. The summed E-state index contributed by atoms with van der Waals surface area (Å²) in [5.41, 5.74) is 1.54. The molecule has 0 unspecified atom stereocenters. The van der Waals surface area contributed by atoms with Gasteiger partial charge in [-0.1, -0.05) is 48.5 Å². The highest BCUT2D eigenvalue weighted by molar-refractivity contribution is 6.00. The summed E-state index contributed by atoms with van der Waals surface area (Å²) in [6.45, 7) is 0. The molecule has 0 atom stereocenters. The van der Waals surface area contributed by atoms with Crippen LogP contribution in [0.1, 0.15) is 5.56 Å². The lowest BCUT2D eigenvalue weighted by Crippen LogP contribution is -2.19. The minimum Gasteiger partial charge on any atom is -0.348 e. The number of benzene rings is 2. The van der Waals surface area contributed by atoms with Gasteiger partial charge in [0.2, 0.25) is 0 Å². The molecule has 2 N–H and O–H groups in total. The summed E-state index contributed by atoms with van der Waals surface area (Å²) in [4.78, 5) is 22.5. The summed E-state index contributed by atoms with van der Waals surface area (Å²) in [5, 5.41) is 16.7. The molecule has 0 fully saturated rings. The van der Waals surface area contributed by atoms with Crippen LogP contribution in [0.15, 0.2) is 77.8 Å². The number of hydrogen-bond donors (Lipinski definition) is 2. The molecule has 23 heavy (non-hydrogen) atoms. The molecule has 3 rings (SSSR count). The third-order valence-corrected chi connectivity index (χ3v) is 3.31. The van der Waals surface area contributed by atoms with E-state index >= 15 is 0 Å². The Morgan fingerprint density at radius 3 is 2.22 bits per heavy atom. The standard InChI is InChI=1S/C17H13N3O3/c21-17-16(20(22)23)15(18-13-9-5-2-6-10-13)14(19-17)11-12-7-3-1-4-8-12/h1-11,18H,(H,19,21). The van der Waals surface area contributed by atoms with Crippen molar-refractivity contribution in [1.29, 1.82) is 0 Å². The van der Waals surface area contributed by atoms with Crippen molar-refractivity contribution in [2.24, 2.45) is 0 Å². The lowest BCUT2D eigenvalue weighted by atomic mass is 10.1. The third kappa shape index (κ3) is 3.11. The van der Waals surface area contributed by atoms with Crippen LogP contribution in [0.25, 0.3) is 6.08 Å². The Labute approximate surface area is 132 Å². The van der Waals surface area contributed by atoms with Crippen molar-refractivity contribution in [3.63, 3.8) is 0 Å². The number of anilines is 1. The van der Waals surface area contributed by atoms with Crippen molar-refractivity contribution in [2.45, 2.75) is 0 Å². The Balaban J connectivity index is 2.04. The van der Waals surface area contributed by atoms with E-state index in [1.54, 1.807) is 30.3 Å². The fourth-order valence-electron chi connectivity index (χ4n) is 2.28. The molecule has 0 saturated carbocycles. The molecule has 0 saturated heterocycles. The van der Waals surface area contributed by atoms with Crippen LogP contribution in [-0.4, -0.2) is 10.8 Å². The van der Waals surface area contributed by atoms with E-state index in [9.17, 15) is 14.9 Å². The van der Waals surface area contributed by atoms with Crippen molar-refractivity contribution < 1.29 is 9.72 Å². The molecule has 6 nitrogen and oxygen atoms in total. The molecule has 2 aromatic carbocycles. The van der Waals surface area contributed by atoms with Gasteiger partial charge in [0.05, 0.1) is 10.6 Å². The summed E-state index contributed by atoms with van der Waals surface area (Å²) < 4.78 is 0. The maximum Gasteiger partial charge on any atom is 0.359 e. The largest absolute Gasteiger partial charge is 0.359 e. The van der Waals surface area contributed by atoms with E-state index in [0.717, 1.165) is 5.56 Å². The van der Waals surface area contributed by atoms with E-state index in [0.29, 0.717) is 11.4 Å². The normalized spacial score (nSPS) is 15.7. The van der Waals surface area contributed by atoms with Gasteiger partial charge in [-0.2, -0.15) is 0 Å². The Morgan fingerprint density at radius 2 is 1.61 bits per heavy atom. The molecule has 0 bridgehead atoms. The minimum absolute atomic E-state index is 0.162. The quantitative estimate of drug-likeness (QED) is 0.672. The van der Waals surface area contributed by atoms with Gasteiger partial charge in [-0.15, -0.1) is 0 Å². The smallest absolute Gasteiger partial charge is 0.348 e. The summed E-state index contributed by atoms with van der Waals surface area (Å²) >= 11 is 0. The summed E-state index contributed by atoms with van der Waals surface area (Å²) in [6.07, 6.45) is 1.69. The van der Waals surface area contributed by atoms with Gasteiger partial charge in [-0.05, 0) is 23.8 Å². The number of nitrogens with zero attached hydrogens (tertiary/aromatic N) is 1. The van der Waals surface area contributed by atoms with Gasteiger partial charge in [-0.25, -0.2) is 0 Å². The van der Waals surface area contributed by atoms with Crippen molar-refractivity contribution in [3.05, 3.63) is 93.4 Å². The molecule has 6 heteroatoms. The van der Waals surface area contributed by atoms with E-state index < -0.39 is 16.5 Å². The highest BCUT2D eigenvalue weighted by Gasteiger charge is 2.37. The second-order valence-electron chi connectivity index (χ2n) is 4.89. The maximum atomic E-state index is 11.9. The SMILES string of the molecule is O=C1NC(=Cc2ccccc2)C(Nc2ccccc2)=C1[N+](=O)[O-]. The van der Waals surface area contributed by atoms with E-state index in [1.165, 1.54) is 0 Å². The summed E-state index contributed by atoms with van der Waals surface area (Å²) in [5.74, 6) is -0.726. The summed E-state index contributed by atoms with van der Waals surface area (Å²) in [7, 11) is 0. The number of para-hydroxylation sites is 1. The van der Waals surface area contributed by atoms with Crippen LogP contribution in [0.3, 0.4) is 0 Å². The van der Waals surface area contributed by atoms with E-state index in [-0.39, 0.29) is 5.70 Å². The average molecular weight is 307 g/mol. The molecule has 1 aliphatic heterocycles. The molecule has 1 aliphatic rings. The lowest BCUT2D eigenvalue weighted by molar-refractivity contribution is -0.419. The van der Waals surface area contributed by atoms with Crippen molar-refractivity contribution >= 4 is 17.7 Å². The zero-order chi connectivity index (χ0) is 16.2. The zero-order valence-electron chi connectivity index (χ0n) is 12.0. The van der Waals surface area contributed by atoms with Crippen LogP contribution in [0.5, 0.6) is 0 Å². The number of carbonyl (C=O) groups is 1. The average Bonchev–Trinajstić information content (AvgIpc) is 2.85. The molecule has 2 aromatic rings. The van der Waals surface area contributed by atoms with Crippen molar-refractivity contribution in [2.75, 3.05) is 5.32 Å². The summed E-state index contributed by atoms with van der Waals surface area (Å²) in [6, 6.07) is 18.3. The molecule has 0 spiro atoms. The van der Waals surface area contributed by atoms with Gasteiger partial charge in [0.1, 0.15) is 5.70 Å².